The fourth-order valence-corrected chi connectivity index (χ4v) is 3.96. The van der Waals surface area contributed by atoms with Crippen LogP contribution in [-0.4, -0.2) is 14.3 Å². The van der Waals surface area contributed by atoms with E-state index in [0.717, 1.165) is 10.5 Å². The zero-order valence-electron chi connectivity index (χ0n) is 13.0. The highest BCUT2D eigenvalue weighted by atomic mass is 35.5. The van der Waals surface area contributed by atoms with E-state index < -0.39 is 15.9 Å². The molecule has 0 aliphatic carbocycles. The second-order valence-electron chi connectivity index (χ2n) is 6.04. The van der Waals surface area contributed by atoms with Crippen LogP contribution in [0.3, 0.4) is 0 Å². The van der Waals surface area contributed by atoms with Gasteiger partial charge in [0.15, 0.2) is 0 Å². The third-order valence-electron chi connectivity index (χ3n) is 3.21. The molecule has 0 aromatic heterocycles. The minimum atomic E-state index is -1.50. The highest BCUT2D eigenvalue weighted by Crippen LogP contribution is 2.38. The minimum Gasteiger partial charge on any atom is -0.610 e. The topological polar surface area (TPSA) is 46.9 Å². The Kier molecular flexibility index (Phi) is 5.75. The molecule has 0 radical (unpaired) electrons. The predicted octanol–water partition coefficient (Wildman–Crippen LogP) is 5.82. The highest BCUT2D eigenvalue weighted by molar-refractivity contribution is 8.07. The summed E-state index contributed by atoms with van der Waals surface area (Å²) in [6.07, 6.45) is 0. The molecule has 2 aromatic carbocycles. The molecule has 122 valence electrons. The van der Waals surface area contributed by atoms with E-state index in [4.69, 9.17) is 28.6 Å². The first kappa shape index (κ1) is 18.7. The minimum absolute atomic E-state index is 0.00786. The van der Waals surface area contributed by atoms with Crippen molar-refractivity contribution >= 4 is 52.1 Å². The smallest absolute Gasteiger partial charge is 0.245 e. The Morgan fingerprint density at radius 1 is 1.17 bits per heavy atom. The third-order valence-corrected chi connectivity index (χ3v) is 5.82. The Labute approximate surface area is 155 Å². The van der Waals surface area contributed by atoms with Gasteiger partial charge in [-0.3, -0.25) is 5.41 Å². The van der Waals surface area contributed by atoms with Crippen molar-refractivity contribution in [3.63, 3.8) is 0 Å². The van der Waals surface area contributed by atoms with Crippen molar-refractivity contribution in [1.82, 2.24) is 0 Å². The summed E-state index contributed by atoms with van der Waals surface area (Å²) >= 11 is 15.5. The first-order valence-corrected chi connectivity index (χ1v) is 9.26. The zero-order valence-corrected chi connectivity index (χ0v) is 16.2. The van der Waals surface area contributed by atoms with E-state index in [-0.39, 0.29) is 5.04 Å². The molecule has 2 aromatic rings. The molecule has 0 saturated carbocycles. The molecule has 23 heavy (non-hydrogen) atoms. The number of nitrogens with one attached hydrogen (secondary N) is 1. The van der Waals surface area contributed by atoms with Gasteiger partial charge in [-0.25, -0.2) is 0 Å². The molecule has 1 atom stereocenters. The second kappa shape index (κ2) is 7.08. The van der Waals surface area contributed by atoms with Gasteiger partial charge in [0, 0.05) is 26.7 Å². The molecule has 1 N–H and O–H groups in total. The predicted molar refractivity (Wildman–Crippen MR) is 104 cm³/mol. The van der Waals surface area contributed by atoms with Crippen molar-refractivity contribution in [2.45, 2.75) is 30.4 Å². The van der Waals surface area contributed by atoms with Gasteiger partial charge in [0.05, 0.1) is 10.6 Å². The van der Waals surface area contributed by atoms with Crippen molar-refractivity contribution in [3.05, 3.63) is 52.0 Å². The highest BCUT2D eigenvalue weighted by Gasteiger charge is 2.33. The van der Waals surface area contributed by atoms with Crippen LogP contribution in [0.25, 0.3) is 11.1 Å². The van der Waals surface area contributed by atoms with Crippen LogP contribution >= 0.6 is 35.8 Å². The largest absolute Gasteiger partial charge is 0.610 e. The Bertz CT molecular complexity index is 757. The molecule has 0 aliphatic heterocycles. The lowest BCUT2D eigenvalue weighted by Gasteiger charge is -2.25. The maximum Gasteiger partial charge on any atom is 0.245 e. The molecular formula is C17H17Cl2NOS2. The van der Waals surface area contributed by atoms with Gasteiger partial charge >= 0.3 is 0 Å². The van der Waals surface area contributed by atoms with Crippen LogP contribution in [0.15, 0.2) is 41.3 Å². The van der Waals surface area contributed by atoms with E-state index in [1.807, 2.05) is 45.0 Å². The van der Waals surface area contributed by atoms with Gasteiger partial charge < -0.3 is 4.55 Å². The van der Waals surface area contributed by atoms with Gasteiger partial charge in [0.1, 0.15) is 4.75 Å². The summed E-state index contributed by atoms with van der Waals surface area (Å²) in [5, 5.41) is 9.22. The number of rotatable bonds is 2. The lowest BCUT2D eigenvalue weighted by atomic mass is 10.00. The fraction of sp³-hybridized carbons (Fsp3) is 0.235. The summed E-state index contributed by atoms with van der Waals surface area (Å²) in [6.45, 7) is 5.49. The maximum atomic E-state index is 12.6. The third kappa shape index (κ3) is 4.06. The Hall–Kier alpha value is -0.650. The summed E-state index contributed by atoms with van der Waals surface area (Å²) < 4.78 is 12.1. The number of thiol groups is 1. The molecule has 0 fully saturated rings. The van der Waals surface area contributed by atoms with Crippen LogP contribution in [0.5, 0.6) is 0 Å². The van der Waals surface area contributed by atoms with Gasteiger partial charge in [0.25, 0.3) is 0 Å². The van der Waals surface area contributed by atoms with Crippen molar-refractivity contribution in [3.8, 4) is 11.1 Å². The molecule has 0 aliphatic rings. The SMILES string of the molecule is CC(C)(C)[S+]([O-])C(=N)c1cc(Cl)cc(Cl)c1-c1ccccc1S. The maximum absolute atomic E-state index is 12.6. The van der Waals surface area contributed by atoms with Crippen molar-refractivity contribution < 1.29 is 4.55 Å². The fourth-order valence-electron chi connectivity index (χ4n) is 2.12. The average molecular weight is 386 g/mol. The standard InChI is InChI=1S/C17H17Cl2NOS2/c1-17(2,3)23(21)16(20)12-8-10(18)9-13(19)15(12)11-6-4-5-7-14(11)22/h4-9,20,22H,1-3H3. The molecule has 6 heteroatoms. The van der Waals surface area contributed by atoms with Gasteiger partial charge in [-0.05, 0) is 44.5 Å². The van der Waals surface area contributed by atoms with E-state index >= 15 is 0 Å². The number of benzene rings is 2. The monoisotopic (exact) mass is 385 g/mol. The van der Waals surface area contributed by atoms with Crippen molar-refractivity contribution in [2.75, 3.05) is 0 Å². The van der Waals surface area contributed by atoms with Crippen LogP contribution in [0.4, 0.5) is 0 Å². The Morgan fingerprint density at radius 3 is 2.35 bits per heavy atom. The molecule has 1 unspecified atom stereocenters. The van der Waals surface area contributed by atoms with Gasteiger partial charge in [0.2, 0.25) is 5.04 Å². The molecule has 0 heterocycles. The van der Waals surface area contributed by atoms with Crippen molar-refractivity contribution in [1.29, 1.82) is 5.41 Å². The van der Waals surface area contributed by atoms with E-state index in [1.54, 1.807) is 12.1 Å². The quantitative estimate of drug-likeness (QED) is 0.290. The number of hydrogen-bond donors (Lipinski definition) is 2. The Morgan fingerprint density at radius 2 is 1.78 bits per heavy atom. The lowest BCUT2D eigenvalue weighted by Crippen LogP contribution is -2.34. The normalized spacial score (nSPS) is 13.0. The molecule has 2 rings (SSSR count). The van der Waals surface area contributed by atoms with Crippen LogP contribution in [-0.2, 0) is 11.2 Å². The van der Waals surface area contributed by atoms with Crippen LogP contribution in [0.1, 0.15) is 26.3 Å². The first-order chi connectivity index (χ1) is 10.6. The zero-order chi connectivity index (χ0) is 17.4. The number of halogens is 2. The summed E-state index contributed by atoms with van der Waals surface area (Å²) in [7, 11) is 0. The second-order valence-corrected chi connectivity index (χ2v) is 9.53. The summed E-state index contributed by atoms with van der Waals surface area (Å²) in [4.78, 5) is 0.729. The molecule has 0 saturated heterocycles. The van der Waals surface area contributed by atoms with E-state index in [0.29, 0.717) is 21.2 Å². The van der Waals surface area contributed by atoms with Crippen molar-refractivity contribution in [2.24, 2.45) is 0 Å². The van der Waals surface area contributed by atoms with Gasteiger partial charge in [-0.2, -0.15) is 0 Å². The van der Waals surface area contributed by atoms with E-state index in [9.17, 15) is 4.55 Å². The first-order valence-electron chi connectivity index (χ1n) is 6.91. The van der Waals surface area contributed by atoms with Crippen LogP contribution in [0.2, 0.25) is 10.0 Å². The molecular weight excluding hydrogens is 369 g/mol. The molecule has 0 spiro atoms. The summed E-state index contributed by atoms with van der Waals surface area (Å²) in [5.41, 5.74) is 1.88. The molecule has 0 amide bonds. The van der Waals surface area contributed by atoms with E-state index in [2.05, 4.69) is 12.6 Å². The summed E-state index contributed by atoms with van der Waals surface area (Å²) in [6, 6.07) is 10.7. The lowest BCUT2D eigenvalue weighted by molar-refractivity contribution is 0.572. The van der Waals surface area contributed by atoms with E-state index in [1.165, 1.54) is 0 Å². The van der Waals surface area contributed by atoms with Gasteiger partial charge in [-0.1, -0.05) is 41.4 Å². The van der Waals surface area contributed by atoms with Crippen LogP contribution in [0, 0.1) is 5.41 Å². The molecule has 0 bridgehead atoms. The summed E-state index contributed by atoms with van der Waals surface area (Å²) in [5.74, 6) is 0. The van der Waals surface area contributed by atoms with Gasteiger partial charge in [-0.15, -0.1) is 12.6 Å². The molecule has 2 nitrogen and oxygen atoms in total. The Balaban J connectivity index is 2.70. The number of hydrogen-bond acceptors (Lipinski definition) is 3. The van der Waals surface area contributed by atoms with Crippen LogP contribution < -0.4 is 0 Å². The average Bonchev–Trinajstić information content (AvgIpc) is 2.45.